The van der Waals surface area contributed by atoms with Gasteiger partial charge in [-0.2, -0.15) is 0 Å². The number of benzodiazepines with no additional fused rings is 1. The summed E-state index contributed by atoms with van der Waals surface area (Å²) < 4.78 is 0. The van der Waals surface area contributed by atoms with Crippen molar-refractivity contribution < 1.29 is 4.79 Å². The molecule has 1 aliphatic heterocycles. The van der Waals surface area contributed by atoms with E-state index >= 15 is 0 Å². The highest BCUT2D eigenvalue weighted by atomic mass is 35.5. The number of carbonyl (C=O) groups excluding carboxylic acids is 1. The van der Waals surface area contributed by atoms with Crippen LogP contribution >= 0.6 is 11.6 Å². The third kappa shape index (κ3) is 2.90. The molecule has 3 rings (SSSR count). The van der Waals surface area contributed by atoms with E-state index in [-0.39, 0.29) is 11.9 Å². The van der Waals surface area contributed by atoms with Gasteiger partial charge in [0.05, 0.1) is 11.4 Å². The number of benzene rings is 2. The normalized spacial score (nSPS) is 17.3. The van der Waals surface area contributed by atoms with Gasteiger partial charge < -0.3 is 5.32 Å². The minimum Gasteiger partial charge on any atom is -0.324 e. The van der Waals surface area contributed by atoms with E-state index in [1.807, 2.05) is 42.5 Å². The molecule has 0 bridgehead atoms. The third-order valence-corrected chi connectivity index (χ3v) is 3.93. The summed E-state index contributed by atoms with van der Waals surface area (Å²) in [5.74, 6) is -0.0589. The first kappa shape index (κ1) is 14.8. The van der Waals surface area contributed by atoms with Gasteiger partial charge in [0.25, 0.3) is 0 Å². The molecule has 0 spiro atoms. The molecule has 1 N–H and O–H groups in total. The summed E-state index contributed by atoms with van der Waals surface area (Å²) >= 11 is 6.15. The lowest BCUT2D eigenvalue weighted by Gasteiger charge is -2.10. The molecule has 1 heterocycles. The maximum Gasteiger partial charge on any atom is 0.249 e. The molecular weight excluding hydrogens is 296 g/mol. The molecular formula is C18H17ClN2O. The molecule has 2 aromatic carbocycles. The summed E-state index contributed by atoms with van der Waals surface area (Å²) in [7, 11) is 0. The van der Waals surface area contributed by atoms with Gasteiger partial charge in [0.15, 0.2) is 0 Å². The number of halogens is 1. The first-order valence-corrected chi connectivity index (χ1v) is 7.81. The van der Waals surface area contributed by atoms with Gasteiger partial charge in [0.1, 0.15) is 6.04 Å². The molecule has 112 valence electrons. The molecule has 0 saturated carbocycles. The van der Waals surface area contributed by atoms with Crippen LogP contribution in [-0.4, -0.2) is 17.7 Å². The highest BCUT2D eigenvalue weighted by Crippen LogP contribution is 2.28. The Morgan fingerprint density at radius 1 is 1.18 bits per heavy atom. The Hall–Kier alpha value is -2.13. The first-order valence-electron chi connectivity index (χ1n) is 7.43. The number of amides is 1. The number of anilines is 1. The van der Waals surface area contributed by atoms with Crippen LogP contribution in [0.1, 0.15) is 30.9 Å². The van der Waals surface area contributed by atoms with Gasteiger partial charge in [-0.25, -0.2) is 0 Å². The van der Waals surface area contributed by atoms with Crippen molar-refractivity contribution in [2.24, 2.45) is 4.99 Å². The van der Waals surface area contributed by atoms with Crippen LogP contribution in [0.15, 0.2) is 53.5 Å². The van der Waals surface area contributed by atoms with Gasteiger partial charge in [0, 0.05) is 16.1 Å². The standard InChI is InChI=1S/C18H17ClN2O/c1-2-6-16-18(22)21-15-10-9-13(19)11-14(15)17(20-16)12-7-4-3-5-8-12/h3-5,7-11,16H,2,6H2,1H3,(H,21,22). The minimum absolute atomic E-state index is 0.0589. The molecule has 0 fully saturated rings. The van der Waals surface area contributed by atoms with E-state index in [1.165, 1.54) is 0 Å². The number of rotatable bonds is 3. The molecule has 0 radical (unpaired) electrons. The van der Waals surface area contributed by atoms with Crippen molar-refractivity contribution >= 4 is 28.9 Å². The monoisotopic (exact) mass is 312 g/mol. The summed E-state index contributed by atoms with van der Waals surface area (Å²) in [4.78, 5) is 17.1. The molecule has 3 nitrogen and oxygen atoms in total. The summed E-state index contributed by atoms with van der Waals surface area (Å²) in [5.41, 5.74) is 3.43. The van der Waals surface area contributed by atoms with E-state index in [4.69, 9.17) is 16.6 Å². The van der Waals surface area contributed by atoms with Crippen molar-refractivity contribution in [1.82, 2.24) is 0 Å². The minimum atomic E-state index is -0.369. The lowest BCUT2D eigenvalue weighted by Crippen LogP contribution is -2.25. The third-order valence-electron chi connectivity index (χ3n) is 3.69. The first-order chi connectivity index (χ1) is 10.7. The van der Waals surface area contributed by atoms with E-state index in [1.54, 1.807) is 6.07 Å². The van der Waals surface area contributed by atoms with Crippen LogP contribution in [-0.2, 0) is 4.79 Å². The van der Waals surface area contributed by atoms with Crippen LogP contribution < -0.4 is 5.32 Å². The highest BCUT2D eigenvalue weighted by Gasteiger charge is 2.25. The summed E-state index contributed by atoms with van der Waals surface area (Å²) in [6.07, 6.45) is 1.63. The van der Waals surface area contributed by atoms with Crippen LogP contribution in [0.4, 0.5) is 5.69 Å². The second kappa shape index (κ2) is 6.32. The van der Waals surface area contributed by atoms with Crippen LogP contribution in [0.2, 0.25) is 5.02 Å². The molecule has 22 heavy (non-hydrogen) atoms. The van der Waals surface area contributed by atoms with E-state index in [0.29, 0.717) is 5.02 Å². The fraction of sp³-hybridized carbons (Fsp3) is 0.222. The molecule has 2 aromatic rings. The van der Waals surface area contributed by atoms with Crippen LogP contribution in [0.25, 0.3) is 0 Å². The average molecular weight is 313 g/mol. The maximum absolute atomic E-state index is 12.4. The van der Waals surface area contributed by atoms with E-state index in [2.05, 4.69) is 12.2 Å². The SMILES string of the molecule is CCCC1N=C(c2ccccc2)c2cc(Cl)ccc2NC1=O. The molecule has 0 aromatic heterocycles. The van der Waals surface area contributed by atoms with Gasteiger partial charge >= 0.3 is 0 Å². The molecule has 0 aliphatic carbocycles. The molecule has 1 amide bonds. The Morgan fingerprint density at radius 2 is 1.95 bits per heavy atom. The molecule has 4 heteroatoms. The van der Waals surface area contributed by atoms with Crippen LogP contribution in [0.5, 0.6) is 0 Å². The molecule has 1 atom stereocenters. The number of aliphatic imine (C=N–C) groups is 1. The zero-order chi connectivity index (χ0) is 15.5. The fourth-order valence-corrected chi connectivity index (χ4v) is 2.79. The molecule has 1 aliphatic rings. The average Bonchev–Trinajstić information content (AvgIpc) is 2.66. The molecule has 1 unspecified atom stereocenters. The van der Waals surface area contributed by atoms with Crippen molar-refractivity contribution in [3.8, 4) is 0 Å². The Kier molecular flexibility index (Phi) is 4.25. The second-order valence-corrected chi connectivity index (χ2v) is 5.76. The zero-order valence-corrected chi connectivity index (χ0v) is 13.1. The number of hydrogen-bond donors (Lipinski definition) is 1. The van der Waals surface area contributed by atoms with Gasteiger partial charge in [-0.15, -0.1) is 0 Å². The topological polar surface area (TPSA) is 41.5 Å². The lowest BCUT2D eigenvalue weighted by atomic mass is 10.0. The second-order valence-electron chi connectivity index (χ2n) is 5.33. The van der Waals surface area contributed by atoms with Crippen molar-refractivity contribution in [3.05, 3.63) is 64.7 Å². The highest BCUT2D eigenvalue weighted by molar-refractivity contribution is 6.32. The maximum atomic E-state index is 12.4. The van der Waals surface area contributed by atoms with Gasteiger partial charge in [-0.3, -0.25) is 9.79 Å². The zero-order valence-electron chi connectivity index (χ0n) is 12.3. The number of nitrogens with one attached hydrogen (secondary N) is 1. The number of nitrogens with zero attached hydrogens (tertiary/aromatic N) is 1. The Bertz CT molecular complexity index is 725. The Labute approximate surface area is 135 Å². The Morgan fingerprint density at radius 3 is 2.68 bits per heavy atom. The largest absolute Gasteiger partial charge is 0.324 e. The summed E-state index contributed by atoms with van der Waals surface area (Å²) in [6, 6.07) is 15.0. The number of fused-ring (bicyclic) bond motifs is 1. The van der Waals surface area contributed by atoms with E-state index in [9.17, 15) is 4.79 Å². The smallest absolute Gasteiger partial charge is 0.249 e. The van der Waals surface area contributed by atoms with Gasteiger partial charge in [-0.05, 0) is 24.6 Å². The number of hydrogen-bond acceptors (Lipinski definition) is 2. The van der Waals surface area contributed by atoms with Gasteiger partial charge in [0.2, 0.25) is 5.91 Å². The van der Waals surface area contributed by atoms with Crippen molar-refractivity contribution in [2.45, 2.75) is 25.8 Å². The predicted molar refractivity (Wildman–Crippen MR) is 90.9 cm³/mol. The van der Waals surface area contributed by atoms with Crippen LogP contribution in [0, 0.1) is 0 Å². The van der Waals surface area contributed by atoms with Crippen molar-refractivity contribution in [3.63, 3.8) is 0 Å². The lowest BCUT2D eigenvalue weighted by molar-refractivity contribution is -0.117. The Balaban J connectivity index is 2.18. The summed E-state index contributed by atoms with van der Waals surface area (Å²) in [6.45, 7) is 2.06. The van der Waals surface area contributed by atoms with Gasteiger partial charge in [-0.1, -0.05) is 55.3 Å². The van der Waals surface area contributed by atoms with Crippen molar-refractivity contribution in [1.29, 1.82) is 0 Å². The van der Waals surface area contributed by atoms with E-state index in [0.717, 1.165) is 35.4 Å². The molecule has 0 saturated heterocycles. The van der Waals surface area contributed by atoms with Crippen molar-refractivity contribution in [2.75, 3.05) is 5.32 Å². The van der Waals surface area contributed by atoms with Crippen LogP contribution in [0.3, 0.4) is 0 Å². The predicted octanol–water partition coefficient (Wildman–Crippen LogP) is 4.30. The fourth-order valence-electron chi connectivity index (χ4n) is 2.62. The summed E-state index contributed by atoms with van der Waals surface area (Å²) in [5, 5.41) is 3.60. The number of carbonyl (C=O) groups is 1. The van der Waals surface area contributed by atoms with E-state index < -0.39 is 0 Å². The quantitative estimate of drug-likeness (QED) is 0.902.